The zero-order valence-corrected chi connectivity index (χ0v) is 14.4. The first kappa shape index (κ1) is 15.7. The first-order chi connectivity index (χ1) is 10.8. The summed E-state index contributed by atoms with van der Waals surface area (Å²) in [7, 11) is 4.19. The molecule has 2 N–H and O–H groups in total. The Balaban J connectivity index is 2.00. The third-order valence-corrected chi connectivity index (χ3v) is 5.86. The summed E-state index contributed by atoms with van der Waals surface area (Å²) < 4.78 is 0. The van der Waals surface area contributed by atoms with E-state index >= 15 is 0 Å². The summed E-state index contributed by atoms with van der Waals surface area (Å²) in [5.41, 5.74) is 5.95. The van der Waals surface area contributed by atoms with Gasteiger partial charge in [-0.2, -0.15) is 0 Å². The molecule has 1 aromatic rings. The van der Waals surface area contributed by atoms with Crippen molar-refractivity contribution in [3.63, 3.8) is 0 Å². The van der Waals surface area contributed by atoms with Crippen molar-refractivity contribution in [3.05, 3.63) is 23.3 Å². The van der Waals surface area contributed by atoms with E-state index in [1.807, 2.05) is 0 Å². The average molecular weight is 300 g/mol. The van der Waals surface area contributed by atoms with E-state index in [0.717, 1.165) is 11.8 Å². The van der Waals surface area contributed by atoms with Gasteiger partial charge in [-0.25, -0.2) is 0 Å². The van der Waals surface area contributed by atoms with Crippen molar-refractivity contribution in [2.75, 3.05) is 24.7 Å². The zero-order valence-electron chi connectivity index (χ0n) is 14.4. The highest BCUT2D eigenvalue weighted by Gasteiger charge is 2.26. The number of rotatable bonds is 4. The molecule has 2 fully saturated rings. The van der Waals surface area contributed by atoms with Crippen LogP contribution in [0.5, 0.6) is 0 Å². The van der Waals surface area contributed by atoms with Gasteiger partial charge in [0.2, 0.25) is 0 Å². The monoisotopic (exact) mass is 300 g/mol. The van der Waals surface area contributed by atoms with E-state index in [9.17, 15) is 0 Å². The Morgan fingerprint density at radius 3 is 1.86 bits per heavy atom. The van der Waals surface area contributed by atoms with Crippen LogP contribution in [0.25, 0.3) is 0 Å². The van der Waals surface area contributed by atoms with Crippen molar-refractivity contribution in [1.29, 1.82) is 0 Å². The lowest BCUT2D eigenvalue weighted by Crippen LogP contribution is -2.14. The van der Waals surface area contributed by atoms with E-state index in [-0.39, 0.29) is 0 Å². The second kappa shape index (κ2) is 7.39. The minimum atomic E-state index is 0.738. The van der Waals surface area contributed by atoms with E-state index < -0.39 is 0 Å². The largest absolute Gasteiger partial charge is 0.388 e. The molecule has 2 saturated carbocycles. The lowest BCUT2D eigenvalue weighted by atomic mass is 9.78. The normalized spacial score (nSPS) is 20.8. The second-order valence-corrected chi connectivity index (χ2v) is 7.16. The molecular weight excluding hydrogens is 268 g/mol. The molecule has 2 aliphatic carbocycles. The van der Waals surface area contributed by atoms with Crippen molar-refractivity contribution >= 4 is 11.4 Å². The maximum absolute atomic E-state index is 3.59. The maximum Gasteiger partial charge on any atom is 0.0429 e. The summed E-state index contributed by atoms with van der Waals surface area (Å²) in [6.45, 7) is 0. The van der Waals surface area contributed by atoms with Crippen LogP contribution in [0.2, 0.25) is 0 Å². The van der Waals surface area contributed by atoms with Crippen molar-refractivity contribution in [3.8, 4) is 0 Å². The third kappa shape index (κ3) is 3.11. The molecule has 3 rings (SSSR count). The molecule has 122 valence electrons. The molecule has 22 heavy (non-hydrogen) atoms. The molecule has 0 spiro atoms. The van der Waals surface area contributed by atoms with E-state index in [4.69, 9.17) is 0 Å². The fraction of sp³-hybridized carbons (Fsp3) is 0.700. The van der Waals surface area contributed by atoms with Crippen LogP contribution in [0.1, 0.15) is 87.2 Å². The lowest BCUT2D eigenvalue weighted by molar-refractivity contribution is 0.437. The summed E-state index contributed by atoms with van der Waals surface area (Å²) in [5, 5.41) is 7.05. The zero-order chi connectivity index (χ0) is 15.4. The molecule has 0 saturated heterocycles. The Hall–Kier alpha value is -1.18. The van der Waals surface area contributed by atoms with E-state index in [1.54, 1.807) is 11.1 Å². The Morgan fingerprint density at radius 1 is 0.727 bits per heavy atom. The minimum absolute atomic E-state index is 0.738. The van der Waals surface area contributed by atoms with E-state index in [0.29, 0.717) is 0 Å². The van der Waals surface area contributed by atoms with Crippen molar-refractivity contribution in [2.45, 2.75) is 76.0 Å². The van der Waals surface area contributed by atoms with Gasteiger partial charge in [0.15, 0.2) is 0 Å². The van der Waals surface area contributed by atoms with Crippen LogP contribution < -0.4 is 10.6 Å². The molecule has 2 aliphatic rings. The molecular formula is C20H32N2. The molecule has 0 amide bonds. The Kier molecular flexibility index (Phi) is 5.28. The smallest absolute Gasteiger partial charge is 0.0429 e. The van der Waals surface area contributed by atoms with Gasteiger partial charge in [-0.05, 0) is 49.1 Å². The minimum Gasteiger partial charge on any atom is -0.388 e. The van der Waals surface area contributed by atoms with Crippen molar-refractivity contribution < 1.29 is 0 Å². The summed E-state index contributed by atoms with van der Waals surface area (Å²) in [6.07, 6.45) is 13.9. The number of hydrogen-bond donors (Lipinski definition) is 2. The Labute approximate surface area is 136 Å². The highest BCUT2D eigenvalue weighted by Crippen LogP contribution is 2.45. The molecule has 0 atom stereocenters. The van der Waals surface area contributed by atoms with Gasteiger partial charge in [-0.3, -0.25) is 0 Å². The van der Waals surface area contributed by atoms with E-state index in [1.165, 1.54) is 75.6 Å². The first-order valence-corrected chi connectivity index (χ1v) is 9.37. The molecule has 0 bridgehead atoms. The molecule has 1 aromatic carbocycles. The molecule has 0 aromatic heterocycles. The predicted molar refractivity (Wildman–Crippen MR) is 97.2 cm³/mol. The van der Waals surface area contributed by atoms with Crippen molar-refractivity contribution in [2.24, 2.45) is 0 Å². The Bertz CT molecular complexity index is 483. The summed E-state index contributed by atoms with van der Waals surface area (Å²) in [4.78, 5) is 0. The van der Waals surface area contributed by atoms with Gasteiger partial charge in [0.05, 0.1) is 0 Å². The van der Waals surface area contributed by atoms with Gasteiger partial charge < -0.3 is 10.6 Å². The Morgan fingerprint density at radius 2 is 1.32 bits per heavy atom. The first-order valence-electron chi connectivity index (χ1n) is 9.37. The topological polar surface area (TPSA) is 24.1 Å². The van der Waals surface area contributed by atoms with Gasteiger partial charge in [0.25, 0.3) is 0 Å². The van der Waals surface area contributed by atoms with Gasteiger partial charge in [-0.1, -0.05) is 44.6 Å². The summed E-state index contributed by atoms with van der Waals surface area (Å²) in [5.74, 6) is 1.51. The van der Waals surface area contributed by atoms with Gasteiger partial charge >= 0.3 is 0 Å². The van der Waals surface area contributed by atoms with Gasteiger partial charge in [0.1, 0.15) is 0 Å². The van der Waals surface area contributed by atoms with Gasteiger partial charge in [-0.15, -0.1) is 0 Å². The van der Waals surface area contributed by atoms with Crippen LogP contribution in [0.3, 0.4) is 0 Å². The SMILES string of the molecule is CNc1ccc(C2CCCCC2)c(NC)c1C1CCCCC1. The number of nitrogens with one attached hydrogen (secondary N) is 2. The number of anilines is 2. The highest BCUT2D eigenvalue weighted by molar-refractivity contribution is 5.71. The molecule has 0 heterocycles. The number of benzene rings is 1. The maximum atomic E-state index is 3.59. The fourth-order valence-corrected chi connectivity index (χ4v) is 4.70. The molecule has 2 nitrogen and oxygen atoms in total. The van der Waals surface area contributed by atoms with Crippen LogP contribution >= 0.6 is 0 Å². The predicted octanol–water partition coefficient (Wildman–Crippen LogP) is 5.87. The summed E-state index contributed by atoms with van der Waals surface area (Å²) in [6, 6.07) is 4.73. The fourth-order valence-electron chi connectivity index (χ4n) is 4.70. The average Bonchev–Trinajstić information content (AvgIpc) is 2.61. The van der Waals surface area contributed by atoms with Crippen LogP contribution in [0.4, 0.5) is 11.4 Å². The summed E-state index contributed by atoms with van der Waals surface area (Å²) >= 11 is 0. The van der Waals surface area contributed by atoms with Crippen LogP contribution in [-0.4, -0.2) is 14.1 Å². The molecule has 0 aliphatic heterocycles. The quantitative estimate of drug-likeness (QED) is 0.727. The number of hydrogen-bond acceptors (Lipinski definition) is 2. The lowest BCUT2D eigenvalue weighted by Gasteiger charge is -2.31. The standard InChI is InChI=1S/C20H32N2/c1-21-18-14-13-17(15-9-5-3-6-10-15)20(22-2)19(18)16-11-7-4-8-12-16/h13-16,21-22H,3-12H2,1-2H3. The van der Waals surface area contributed by atoms with Crippen LogP contribution in [0.15, 0.2) is 12.1 Å². The van der Waals surface area contributed by atoms with Crippen LogP contribution in [0, 0.1) is 0 Å². The molecule has 0 radical (unpaired) electrons. The van der Waals surface area contributed by atoms with Gasteiger partial charge in [0, 0.05) is 31.0 Å². The molecule has 2 heteroatoms. The highest BCUT2D eigenvalue weighted by atomic mass is 14.9. The molecule has 0 unspecified atom stereocenters. The van der Waals surface area contributed by atoms with E-state index in [2.05, 4.69) is 36.9 Å². The van der Waals surface area contributed by atoms with Crippen LogP contribution in [-0.2, 0) is 0 Å². The second-order valence-electron chi connectivity index (χ2n) is 7.16. The third-order valence-electron chi connectivity index (χ3n) is 5.86. The van der Waals surface area contributed by atoms with Crippen molar-refractivity contribution in [1.82, 2.24) is 0 Å².